The third-order valence-corrected chi connectivity index (χ3v) is 3.69. The van der Waals surface area contributed by atoms with E-state index >= 15 is 0 Å². The van der Waals surface area contributed by atoms with Crippen molar-refractivity contribution in [1.82, 2.24) is 9.59 Å². The van der Waals surface area contributed by atoms with E-state index in [4.69, 9.17) is 4.74 Å². The van der Waals surface area contributed by atoms with Gasteiger partial charge in [-0.05, 0) is 25.7 Å². The quantitative estimate of drug-likeness (QED) is 0.831. The lowest BCUT2D eigenvalue weighted by atomic mass is 10.1. The number of ether oxygens (including phenoxy) is 1. The number of hydrogen-bond donors (Lipinski definition) is 1. The molecule has 1 heterocycles. The molecule has 0 atom stereocenters. The van der Waals surface area contributed by atoms with Crippen molar-refractivity contribution in [3.63, 3.8) is 0 Å². The zero-order chi connectivity index (χ0) is 11.2. The predicted molar refractivity (Wildman–Crippen MR) is 65.7 cm³/mol. The van der Waals surface area contributed by atoms with Gasteiger partial charge in [0.2, 0.25) is 0 Å². The fourth-order valence-electron chi connectivity index (χ4n) is 2.10. The molecule has 0 bridgehead atoms. The van der Waals surface area contributed by atoms with Crippen LogP contribution >= 0.6 is 11.5 Å². The predicted octanol–water partition coefficient (Wildman–Crippen LogP) is 2.68. The Morgan fingerprint density at radius 1 is 1.44 bits per heavy atom. The number of anilines is 1. The molecule has 0 aliphatic heterocycles. The number of rotatable bonds is 6. The third-order valence-electron chi connectivity index (χ3n) is 2.96. The third kappa shape index (κ3) is 3.15. The van der Waals surface area contributed by atoms with Crippen LogP contribution < -0.4 is 5.32 Å². The Morgan fingerprint density at radius 2 is 2.25 bits per heavy atom. The molecule has 0 unspecified atom stereocenters. The summed E-state index contributed by atoms with van der Waals surface area (Å²) in [5.41, 5.74) is 0.949. The molecule has 1 aliphatic carbocycles. The zero-order valence-electron chi connectivity index (χ0n) is 9.74. The van der Waals surface area contributed by atoms with Crippen LogP contribution in [-0.2, 0) is 11.3 Å². The molecule has 0 spiro atoms. The molecular weight excluding hydrogens is 222 g/mol. The molecule has 0 amide bonds. The second-order valence-electron chi connectivity index (χ2n) is 4.24. The minimum atomic E-state index is 0.593. The van der Waals surface area contributed by atoms with Crippen LogP contribution in [-0.4, -0.2) is 22.7 Å². The maximum Gasteiger partial charge on any atom is 0.135 e. The normalized spacial score (nSPS) is 16.8. The van der Waals surface area contributed by atoms with Crippen LogP contribution in [0.5, 0.6) is 0 Å². The van der Waals surface area contributed by atoms with Crippen LogP contribution in [0.25, 0.3) is 0 Å². The van der Waals surface area contributed by atoms with Gasteiger partial charge < -0.3 is 10.1 Å². The van der Waals surface area contributed by atoms with Crippen LogP contribution in [0.1, 0.15) is 38.3 Å². The molecule has 16 heavy (non-hydrogen) atoms. The first-order chi connectivity index (χ1) is 7.90. The maximum absolute atomic E-state index is 5.71. The van der Waals surface area contributed by atoms with Crippen molar-refractivity contribution >= 4 is 16.5 Å². The molecular formula is C11H19N3OS. The molecule has 0 saturated heterocycles. The summed E-state index contributed by atoms with van der Waals surface area (Å²) in [6.45, 7) is 4.45. The first-order valence-electron chi connectivity index (χ1n) is 6.03. The molecule has 1 aromatic rings. The molecule has 2 rings (SSSR count). The lowest BCUT2D eigenvalue weighted by Crippen LogP contribution is -2.07. The molecule has 4 nitrogen and oxygen atoms in total. The molecule has 0 aromatic carbocycles. The van der Waals surface area contributed by atoms with Crippen molar-refractivity contribution in [3.05, 3.63) is 5.69 Å². The van der Waals surface area contributed by atoms with E-state index in [9.17, 15) is 0 Å². The van der Waals surface area contributed by atoms with E-state index < -0.39 is 0 Å². The number of nitrogens with zero attached hydrogens (tertiary/aromatic N) is 2. The van der Waals surface area contributed by atoms with Crippen molar-refractivity contribution in [1.29, 1.82) is 0 Å². The van der Waals surface area contributed by atoms with Crippen LogP contribution in [0.2, 0.25) is 0 Å². The molecule has 90 valence electrons. The maximum atomic E-state index is 5.71. The van der Waals surface area contributed by atoms with Gasteiger partial charge in [0.25, 0.3) is 0 Å². The summed E-state index contributed by atoms with van der Waals surface area (Å²) in [4.78, 5) is 0. The fourth-order valence-corrected chi connectivity index (χ4v) is 2.73. The highest BCUT2D eigenvalue weighted by atomic mass is 32.1. The van der Waals surface area contributed by atoms with Gasteiger partial charge in [0.15, 0.2) is 0 Å². The van der Waals surface area contributed by atoms with E-state index in [2.05, 4.69) is 21.8 Å². The smallest absolute Gasteiger partial charge is 0.135 e. The summed E-state index contributed by atoms with van der Waals surface area (Å²) in [5, 5.41) is 8.38. The summed E-state index contributed by atoms with van der Waals surface area (Å²) in [6, 6.07) is 0. The summed E-state index contributed by atoms with van der Waals surface area (Å²) < 4.78 is 9.65. The Labute approximate surface area is 101 Å². The van der Waals surface area contributed by atoms with E-state index in [1.54, 1.807) is 0 Å². The SMILES string of the molecule is CCNc1snnc1COCC1CCCC1. The van der Waals surface area contributed by atoms with E-state index in [1.165, 1.54) is 37.2 Å². The highest BCUT2D eigenvalue weighted by molar-refractivity contribution is 7.10. The summed E-state index contributed by atoms with van der Waals surface area (Å²) in [6.07, 6.45) is 5.40. The molecule has 1 aliphatic rings. The second-order valence-corrected chi connectivity index (χ2v) is 5.00. The Hall–Kier alpha value is -0.680. The highest BCUT2D eigenvalue weighted by Crippen LogP contribution is 2.25. The van der Waals surface area contributed by atoms with Gasteiger partial charge in [0.1, 0.15) is 10.7 Å². The molecule has 0 radical (unpaired) electrons. The van der Waals surface area contributed by atoms with E-state index in [0.717, 1.165) is 29.8 Å². The lowest BCUT2D eigenvalue weighted by Gasteiger charge is -2.09. The van der Waals surface area contributed by atoms with E-state index in [0.29, 0.717) is 6.61 Å². The Bertz CT molecular complexity index is 310. The largest absolute Gasteiger partial charge is 0.375 e. The van der Waals surface area contributed by atoms with Gasteiger partial charge >= 0.3 is 0 Å². The fraction of sp³-hybridized carbons (Fsp3) is 0.818. The van der Waals surface area contributed by atoms with Crippen molar-refractivity contribution in [2.24, 2.45) is 5.92 Å². The van der Waals surface area contributed by atoms with Crippen LogP contribution in [0.4, 0.5) is 5.00 Å². The van der Waals surface area contributed by atoms with Crippen LogP contribution in [0, 0.1) is 5.92 Å². The first kappa shape index (κ1) is 11.8. The van der Waals surface area contributed by atoms with E-state index in [-0.39, 0.29) is 0 Å². The monoisotopic (exact) mass is 241 g/mol. The first-order valence-corrected chi connectivity index (χ1v) is 6.80. The molecule has 1 N–H and O–H groups in total. The molecule has 1 aromatic heterocycles. The summed E-state index contributed by atoms with van der Waals surface area (Å²) in [7, 11) is 0. The van der Waals surface area contributed by atoms with Gasteiger partial charge in [-0.1, -0.05) is 17.3 Å². The van der Waals surface area contributed by atoms with Crippen molar-refractivity contribution in [2.45, 2.75) is 39.2 Å². The number of aromatic nitrogens is 2. The van der Waals surface area contributed by atoms with E-state index in [1.807, 2.05) is 0 Å². The van der Waals surface area contributed by atoms with Crippen molar-refractivity contribution in [2.75, 3.05) is 18.5 Å². The number of hydrogen-bond acceptors (Lipinski definition) is 5. The van der Waals surface area contributed by atoms with Gasteiger partial charge in [0.05, 0.1) is 6.61 Å². The minimum absolute atomic E-state index is 0.593. The Kier molecular flexibility index (Phi) is 4.54. The van der Waals surface area contributed by atoms with Gasteiger partial charge in [-0.2, -0.15) is 0 Å². The average Bonchev–Trinajstić information content (AvgIpc) is 2.91. The second kappa shape index (κ2) is 6.15. The Morgan fingerprint density at radius 3 is 3.00 bits per heavy atom. The molecule has 1 saturated carbocycles. The standard InChI is InChI=1S/C11H19N3OS/c1-2-12-11-10(13-14-16-11)8-15-7-9-5-3-4-6-9/h9,12H,2-8H2,1H3. The van der Waals surface area contributed by atoms with Gasteiger partial charge in [-0.15, -0.1) is 5.10 Å². The van der Waals surface area contributed by atoms with Crippen LogP contribution in [0.15, 0.2) is 0 Å². The lowest BCUT2D eigenvalue weighted by molar-refractivity contribution is 0.0870. The van der Waals surface area contributed by atoms with Crippen molar-refractivity contribution in [3.8, 4) is 0 Å². The average molecular weight is 241 g/mol. The van der Waals surface area contributed by atoms with Crippen LogP contribution in [0.3, 0.4) is 0 Å². The minimum Gasteiger partial charge on any atom is -0.375 e. The Balaban J connectivity index is 1.73. The summed E-state index contributed by atoms with van der Waals surface area (Å²) >= 11 is 1.40. The summed E-state index contributed by atoms with van der Waals surface area (Å²) in [5.74, 6) is 0.772. The topological polar surface area (TPSA) is 47.0 Å². The van der Waals surface area contributed by atoms with Crippen molar-refractivity contribution < 1.29 is 4.74 Å². The molecule has 5 heteroatoms. The number of nitrogens with one attached hydrogen (secondary N) is 1. The van der Waals surface area contributed by atoms with Gasteiger partial charge in [-0.3, -0.25) is 0 Å². The molecule has 1 fully saturated rings. The zero-order valence-corrected chi connectivity index (χ0v) is 10.6. The van der Waals surface area contributed by atoms with Gasteiger partial charge in [-0.25, -0.2) is 0 Å². The highest BCUT2D eigenvalue weighted by Gasteiger charge is 2.15. The van der Waals surface area contributed by atoms with Gasteiger partial charge in [0, 0.05) is 24.7 Å².